The van der Waals surface area contributed by atoms with Crippen LogP contribution in [0.1, 0.15) is 23.7 Å². The van der Waals surface area contributed by atoms with E-state index in [4.69, 9.17) is 16.8 Å². The molecule has 0 unspecified atom stereocenters. The number of hydrogen-bond donors (Lipinski definition) is 4. The zero-order valence-corrected chi connectivity index (χ0v) is 16.5. The van der Waals surface area contributed by atoms with Crippen molar-refractivity contribution in [2.75, 3.05) is 17.3 Å². The fourth-order valence-electron chi connectivity index (χ4n) is 2.31. The van der Waals surface area contributed by atoms with Gasteiger partial charge < -0.3 is 21.1 Å². The van der Waals surface area contributed by atoms with Gasteiger partial charge in [0.1, 0.15) is 6.29 Å². The first kappa shape index (κ1) is 23.0. The van der Waals surface area contributed by atoms with E-state index in [1.165, 1.54) is 40.5 Å². The summed E-state index contributed by atoms with van der Waals surface area (Å²) in [6.45, 7) is 6.81. The first-order chi connectivity index (χ1) is 13.5. The standard InChI is InChI=1S/C10H12N4O3S.C9H13N/c11-13-10(18-6-5-15)14(12)8-3-1-7(2-4-8)9(16)17;1-3-5-8-6-7-10-9(8)4-2/h1-5H,6,11-12H2,(H,16,17);3-5,10H,2,6-7H2,1H3/b13-10+;5-3-. The van der Waals surface area contributed by atoms with Crippen molar-refractivity contribution in [1.82, 2.24) is 5.32 Å². The molecule has 0 bridgehead atoms. The van der Waals surface area contributed by atoms with Crippen molar-refractivity contribution in [1.29, 1.82) is 0 Å². The van der Waals surface area contributed by atoms with E-state index in [9.17, 15) is 9.59 Å². The Labute approximate surface area is 168 Å². The Morgan fingerprint density at radius 1 is 1.43 bits per heavy atom. The van der Waals surface area contributed by atoms with Gasteiger partial charge >= 0.3 is 5.97 Å². The van der Waals surface area contributed by atoms with Crippen LogP contribution in [0.25, 0.3) is 0 Å². The summed E-state index contributed by atoms with van der Waals surface area (Å²) in [5.74, 6) is 10.1. The van der Waals surface area contributed by atoms with Gasteiger partial charge in [-0.15, -0.1) is 0 Å². The van der Waals surface area contributed by atoms with Gasteiger partial charge in [-0.2, -0.15) is 5.10 Å². The molecule has 0 radical (unpaired) electrons. The summed E-state index contributed by atoms with van der Waals surface area (Å²) in [5.41, 5.74) is 3.23. The summed E-state index contributed by atoms with van der Waals surface area (Å²) in [4.78, 5) is 20.9. The summed E-state index contributed by atoms with van der Waals surface area (Å²) >= 11 is 1.08. The lowest BCUT2D eigenvalue weighted by Gasteiger charge is -2.18. The number of carboxylic acid groups (broad SMARTS) is 1. The quantitative estimate of drug-likeness (QED) is 0.187. The predicted molar refractivity (Wildman–Crippen MR) is 115 cm³/mol. The summed E-state index contributed by atoms with van der Waals surface area (Å²) in [7, 11) is 0. The van der Waals surface area contributed by atoms with Gasteiger partial charge in [0, 0.05) is 12.2 Å². The Kier molecular flexibility index (Phi) is 10.2. The molecule has 28 heavy (non-hydrogen) atoms. The van der Waals surface area contributed by atoms with Gasteiger partial charge in [-0.3, -0.25) is 5.01 Å². The number of aldehydes is 1. The molecule has 0 fully saturated rings. The van der Waals surface area contributed by atoms with E-state index in [0.717, 1.165) is 24.7 Å². The normalized spacial score (nSPS) is 13.6. The second-order valence-electron chi connectivity index (χ2n) is 5.43. The van der Waals surface area contributed by atoms with Crippen LogP contribution < -0.4 is 22.0 Å². The number of carboxylic acids is 1. The molecular formula is C19H25N5O3S. The van der Waals surface area contributed by atoms with Gasteiger partial charge in [-0.1, -0.05) is 30.5 Å². The lowest BCUT2D eigenvalue weighted by atomic mass is 10.2. The minimum absolute atomic E-state index is 0.152. The second kappa shape index (κ2) is 12.4. The van der Waals surface area contributed by atoms with Gasteiger partial charge in [-0.25, -0.2) is 10.6 Å². The highest BCUT2D eigenvalue weighted by atomic mass is 32.2. The van der Waals surface area contributed by atoms with Gasteiger partial charge in [0.25, 0.3) is 0 Å². The number of amidine groups is 1. The maximum atomic E-state index is 10.7. The Balaban J connectivity index is 0.000000330. The van der Waals surface area contributed by atoms with Crippen LogP contribution >= 0.6 is 11.8 Å². The van der Waals surface area contributed by atoms with Gasteiger partial charge in [-0.05, 0) is 49.3 Å². The SMILES string of the molecule is C=CC1=C(/C=C\C)CCN1.N/N=C(/SCC=O)N(N)c1ccc(C(=O)O)cc1. The monoisotopic (exact) mass is 403 g/mol. The number of carbonyl (C=O) groups excluding carboxylic acids is 1. The summed E-state index contributed by atoms with van der Waals surface area (Å²) in [6.07, 6.45) is 7.91. The summed E-state index contributed by atoms with van der Waals surface area (Å²) in [5, 5.41) is 16.9. The third-order valence-electron chi connectivity index (χ3n) is 3.62. The fourth-order valence-corrected chi connectivity index (χ4v) is 2.85. The van der Waals surface area contributed by atoms with Crippen molar-refractivity contribution >= 4 is 34.9 Å². The largest absolute Gasteiger partial charge is 0.478 e. The Hall–Kier alpha value is -3.04. The number of anilines is 1. The molecule has 8 nitrogen and oxygen atoms in total. The van der Waals surface area contributed by atoms with Gasteiger partial charge in [0.05, 0.1) is 17.0 Å². The number of carbonyl (C=O) groups is 2. The number of benzene rings is 1. The van der Waals surface area contributed by atoms with Crippen molar-refractivity contribution in [3.8, 4) is 0 Å². The Bertz CT molecular complexity index is 772. The average Bonchev–Trinajstić information content (AvgIpc) is 3.16. The molecular weight excluding hydrogens is 378 g/mol. The number of aromatic carboxylic acids is 1. The summed E-state index contributed by atoms with van der Waals surface area (Å²) in [6, 6.07) is 5.87. The second-order valence-corrected chi connectivity index (χ2v) is 6.42. The lowest BCUT2D eigenvalue weighted by Crippen LogP contribution is -2.36. The van der Waals surface area contributed by atoms with Crippen molar-refractivity contribution in [2.45, 2.75) is 13.3 Å². The van der Waals surface area contributed by atoms with E-state index >= 15 is 0 Å². The average molecular weight is 404 g/mol. The van der Waals surface area contributed by atoms with E-state index in [0.29, 0.717) is 12.0 Å². The fraction of sp³-hybridized carbons (Fsp3) is 0.211. The highest BCUT2D eigenvalue weighted by Gasteiger charge is 2.11. The topological polar surface area (TPSA) is 134 Å². The molecule has 0 aliphatic carbocycles. The molecule has 6 N–H and O–H groups in total. The third-order valence-corrected chi connectivity index (χ3v) is 4.48. The number of hydrazine groups is 1. The molecule has 1 aliphatic heterocycles. The van der Waals surface area contributed by atoms with Crippen LogP contribution in [-0.2, 0) is 4.79 Å². The summed E-state index contributed by atoms with van der Waals surface area (Å²) < 4.78 is 0. The molecule has 0 spiro atoms. The molecule has 2 rings (SSSR count). The number of rotatable bonds is 6. The number of nitrogens with zero attached hydrogens (tertiary/aromatic N) is 2. The molecule has 150 valence electrons. The van der Waals surface area contributed by atoms with E-state index in [1.54, 1.807) is 0 Å². The zero-order chi connectivity index (χ0) is 20.9. The highest BCUT2D eigenvalue weighted by Crippen LogP contribution is 2.17. The van der Waals surface area contributed by atoms with Crippen LogP contribution in [0.15, 0.2) is 65.4 Å². The van der Waals surface area contributed by atoms with Crippen LogP contribution in [-0.4, -0.2) is 34.8 Å². The van der Waals surface area contributed by atoms with Crippen LogP contribution in [0.4, 0.5) is 5.69 Å². The van der Waals surface area contributed by atoms with E-state index in [1.807, 2.05) is 13.0 Å². The molecule has 0 atom stereocenters. The molecule has 1 aromatic carbocycles. The van der Waals surface area contributed by atoms with Crippen molar-refractivity contribution < 1.29 is 14.7 Å². The number of thioether (sulfide) groups is 1. The number of hydrogen-bond acceptors (Lipinski definition) is 7. The first-order valence-corrected chi connectivity index (χ1v) is 9.41. The molecule has 1 heterocycles. The van der Waals surface area contributed by atoms with Crippen molar-refractivity contribution in [2.24, 2.45) is 16.8 Å². The lowest BCUT2D eigenvalue weighted by molar-refractivity contribution is -0.105. The van der Waals surface area contributed by atoms with Crippen molar-refractivity contribution in [3.05, 3.63) is 65.9 Å². The van der Waals surface area contributed by atoms with Crippen LogP contribution in [0.3, 0.4) is 0 Å². The minimum atomic E-state index is -1.02. The minimum Gasteiger partial charge on any atom is -0.478 e. The van der Waals surface area contributed by atoms with E-state index < -0.39 is 5.97 Å². The zero-order valence-electron chi connectivity index (χ0n) is 15.7. The first-order valence-electron chi connectivity index (χ1n) is 8.43. The molecule has 1 aliphatic rings. The van der Waals surface area contributed by atoms with Crippen LogP contribution in [0, 0.1) is 0 Å². The molecule has 0 aromatic heterocycles. The van der Waals surface area contributed by atoms with Crippen LogP contribution in [0.5, 0.6) is 0 Å². The highest BCUT2D eigenvalue weighted by molar-refractivity contribution is 8.14. The third kappa shape index (κ3) is 6.93. The maximum absolute atomic E-state index is 10.7. The molecule has 0 saturated heterocycles. The van der Waals surface area contributed by atoms with Gasteiger partial charge in [0.2, 0.25) is 5.17 Å². The number of nitrogens with one attached hydrogen (secondary N) is 1. The molecule has 1 aromatic rings. The number of allylic oxidation sites excluding steroid dienone is 3. The van der Waals surface area contributed by atoms with Gasteiger partial charge in [0.15, 0.2) is 0 Å². The van der Waals surface area contributed by atoms with E-state index in [-0.39, 0.29) is 16.5 Å². The number of hydrazone groups is 1. The van der Waals surface area contributed by atoms with Crippen LogP contribution in [0.2, 0.25) is 0 Å². The molecule has 0 saturated carbocycles. The number of nitrogens with two attached hydrogens (primary N) is 2. The molecule has 9 heteroatoms. The Morgan fingerprint density at radius 2 is 2.11 bits per heavy atom. The smallest absolute Gasteiger partial charge is 0.335 e. The Morgan fingerprint density at radius 3 is 2.61 bits per heavy atom. The predicted octanol–water partition coefficient (Wildman–Crippen LogP) is 2.22. The maximum Gasteiger partial charge on any atom is 0.335 e. The van der Waals surface area contributed by atoms with E-state index in [2.05, 4.69) is 29.1 Å². The molecule has 0 amide bonds. The van der Waals surface area contributed by atoms with Crippen molar-refractivity contribution in [3.63, 3.8) is 0 Å².